The third kappa shape index (κ3) is 4.03. The summed E-state index contributed by atoms with van der Waals surface area (Å²) in [5.41, 5.74) is -0.371. The number of aliphatic hydroxyl groups excluding tert-OH is 2. The fraction of sp³-hybridized carbons (Fsp3) is 0.357. The van der Waals surface area contributed by atoms with E-state index in [2.05, 4.69) is 10.3 Å². The number of aliphatic imine (C=N–C) groups is 1. The molecule has 0 radical (unpaired) electrons. The average molecular weight is 686 g/mol. The van der Waals surface area contributed by atoms with Crippen LogP contribution < -0.4 is 5.32 Å². The number of carboxylic acids is 1. The number of nitrogens with one attached hydrogen (secondary N) is 1. The molecule has 1 aliphatic heterocycles. The van der Waals surface area contributed by atoms with Crippen molar-refractivity contribution in [2.45, 2.75) is 12.5 Å². The molecule has 0 bridgehead atoms. The summed E-state index contributed by atoms with van der Waals surface area (Å²) in [5.74, 6) is -1.36. The van der Waals surface area contributed by atoms with Gasteiger partial charge in [0.05, 0.1) is 37.2 Å². The van der Waals surface area contributed by atoms with Gasteiger partial charge < -0.3 is 25.4 Å². The van der Waals surface area contributed by atoms with Crippen LogP contribution in [0.15, 0.2) is 4.99 Å². The smallest absolute Gasteiger partial charge is 0.337 e. The first-order valence-corrected chi connectivity index (χ1v) is 10.1. The maximum atomic E-state index is 11.7. The van der Waals surface area contributed by atoms with E-state index in [4.69, 9.17) is 4.74 Å². The molecule has 0 aromatic heterocycles. The van der Waals surface area contributed by atoms with Crippen molar-refractivity contribution in [3.05, 3.63) is 21.8 Å². The van der Waals surface area contributed by atoms with Crippen LogP contribution in [0.4, 0.5) is 5.69 Å². The topological polar surface area (TPSA) is 128 Å². The Morgan fingerprint density at radius 3 is 2.24 bits per heavy atom. The summed E-state index contributed by atoms with van der Waals surface area (Å²) in [4.78, 5) is 27.5. The molecule has 0 aliphatic carbocycles. The SMILES string of the molecule is CC(=O)Nc1c(I)c(C(=O)O)c(I)c(C2=NC(CO)(CO)CO2)c1I. The molecule has 1 aromatic carbocycles. The number of nitrogens with zero attached hydrogens (tertiary/aromatic N) is 1. The zero-order valence-corrected chi connectivity index (χ0v) is 19.2. The summed E-state index contributed by atoms with van der Waals surface area (Å²) in [7, 11) is 0. The minimum Gasteiger partial charge on any atom is -0.478 e. The van der Waals surface area contributed by atoms with Crippen molar-refractivity contribution >= 4 is 91.2 Å². The highest BCUT2D eigenvalue weighted by Gasteiger charge is 2.38. The maximum Gasteiger partial charge on any atom is 0.337 e. The lowest BCUT2D eigenvalue weighted by Crippen LogP contribution is -2.37. The number of halogens is 3. The summed E-state index contributed by atoms with van der Waals surface area (Å²) in [6.07, 6.45) is 0. The minimum absolute atomic E-state index is 0.0225. The molecule has 2 rings (SSSR count). The first-order valence-electron chi connectivity index (χ1n) is 6.83. The highest BCUT2D eigenvalue weighted by atomic mass is 127. The van der Waals surface area contributed by atoms with Crippen LogP contribution in [-0.4, -0.2) is 58.5 Å². The summed E-state index contributed by atoms with van der Waals surface area (Å²) in [6.45, 7) is 0.492. The zero-order valence-electron chi connectivity index (χ0n) is 12.8. The quantitative estimate of drug-likeness (QED) is 0.350. The van der Waals surface area contributed by atoms with Crippen molar-refractivity contribution in [3.8, 4) is 0 Å². The van der Waals surface area contributed by atoms with Crippen LogP contribution in [0.3, 0.4) is 0 Å². The Balaban J connectivity index is 2.76. The molecule has 4 N–H and O–H groups in total. The largest absolute Gasteiger partial charge is 0.478 e. The number of carboxylic acid groups (broad SMARTS) is 1. The van der Waals surface area contributed by atoms with Crippen LogP contribution in [0.5, 0.6) is 0 Å². The van der Waals surface area contributed by atoms with E-state index in [1.165, 1.54) is 6.92 Å². The van der Waals surface area contributed by atoms with E-state index in [0.29, 0.717) is 22.0 Å². The summed E-state index contributed by atoms with van der Waals surface area (Å²) in [5, 5.41) is 31.2. The van der Waals surface area contributed by atoms with Crippen molar-refractivity contribution < 1.29 is 29.6 Å². The molecule has 0 spiro atoms. The second kappa shape index (κ2) is 8.18. The molecule has 0 atom stereocenters. The number of anilines is 1. The Hall–Kier alpha value is -0.260. The van der Waals surface area contributed by atoms with Gasteiger partial charge in [-0.3, -0.25) is 4.79 Å². The highest BCUT2D eigenvalue weighted by Crippen LogP contribution is 2.37. The second-order valence-corrected chi connectivity index (χ2v) is 8.54. The lowest BCUT2D eigenvalue weighted by Gasteiger charge is -2.17. The first-order chi connectivity index (χ1) is 11.7. The van der Waals surface area contributed by atoms with Gasteiger partial charge in [-0.1, -0.05) is 0 Å². The summed E-state index contributed by atoms with van der Waals surface area (Å²) < 4.78 is 6.91. The predicted molar refractivity (Wildman–Crippen MR) is 115 cm³/mol. The molecule has 1 amide bonds. The number of aliphatic hydroxyl groups is 2. The molecule has 1 heterocycles. The van der Waals surface area contributed by atoms with Gasteiger partial charge in [0, 0.05) is 10.5 Å². The van der Waals surface area contributed by atoms with E-state index in [1.807, 2.05) is 67.8 Å². The van der Waals surface area contributed by atoms with Gasteiger partial charge in [-0.15, -0.1) is 0 Å². The van der Waals surface area contributed by atoms with Crippen molar-refractivity contribution in [2.24, 2.45) is 4.99 Å². The van der Waals surface area contributed by atoms with Gasteiger partial charge in [0.1, 0.15) is 12.1 Å². The van der Waals surface area contributed by atoms with Crippen LogP contribution in [0.1, 0.15) is 22.8 Å². The van der Waals surface area contributed by atoms with Gasteiger partial charge in [-0.05, 0) is 67.8 Å². The predicted octanol–water partition coefficient (Wildman–Crippen LogP) is 1.66. The standard InChI is InChI=1S/C14H13I3N2O6/c1-5(22)18-11-9(16)6(8(15)7(10(11)17)13(23)24)12-19-14(2-20,3-21)4-25-12/h20-21H,2-4H2,1H3,(H,18,22)(H,23,24). The third-order valence-electron chi connectivity index (χ3n) is 3.45. The molecule has 0 fully saturated rings. The molecule has 0 saturated carbocycles. The molecule has 0 unspecified atom stereocenters. The Morgan fingerprint density at radius 2 is 1.80 bits per heavy atom. The number of aromatic carboxylic acids is 1. The highest BCUT2D eigenvalue weighted by molar-refractivity contribution is 14.1. The number of hydrogen-bond acceptors (Lipinski definition) is 6. The number of benzene rings is 1. The van der Waals surface area contributed by atoms with E-state index in [0.717, 1.165) is 0 Å². The molecular formula is C14H13I3N2O6. The van der Waals surface area contributed by atoms with Crippen molar-refractivity contribution in [2.75, 3.05) is 25.1 Å². The Labute approximate surface area is 183 Å². The number of carbonyl (C=O) groups excluding carboxylic acids is 1. The second-order valence-electron chi connectivity index (χ2n) is 5.30. The third-order valence-corrected chi connectivity index (χ3v) is 6.69. The van der Waals surface area contributed by atoms with Crippen molar-refractivity contribution in [1.29, 1.82) is 0 Å². The Bertz CT molecular complexity index is 777. The average Bonchev–Trinajstić information content (AvgIpc) is 2.96. The zero-order chi connectivity index (χ0) is 18.9. The van der Waals surface area contributed by atoms with Gasteiger partial charge in [0.2, 0.25) is 11.8 Å². The van der Waals surface area contributed by atoms with Crippen molar-refractivity contribution in [1.82, 2.24) is 0 Å². The van der Waals surface area contributed by atoms with Crippen LogP contribution in [-0.2, 0) is 9.53 Å². The van der Waals surface area contributed by atoms with E-state index < -0.39 is 24.7 Å². The molecule has 8 nitrogen and oxygen atoms in total. The monoisotopic (exact) mass is 686 g/mol. The molecule has 1 aliphatic rings. The van der Waals surface area contributed by atoms with Crippen LogP contribution >= 0.6 is 67.8 Å². The number of amides is 1. The molecule has 1 aromatic rings. The normalized spacial score (nSPS) is 15.5. The maximum absolute atomic E-state index is 11.7. The van der Waals surface area contributed by atoms with Gasteiger partial charge in [-0.25, -0.2) is 9.79 Å². The Morgan fingerprint density at radius 1 is 1.20 bits per heavy atom. The molecule has 11 heteroatoms. The first kappa shape index (κ1) is 21.0. The van der Waals surface area contributed by atoms with Crippen LogP contribution in [0.2, 0.25) is 0 Å². The van der Waals surface area contributed by atoms with E-state index in [-0.39, 0.29) is 24.0 Å². The van der Waals surface area contributed by atoms with Gasteiger partial charge in [-0.2, -0.15) is 0 Å². The number of hydrogen-bond donors (Lipinski definition) is 4. The number of ether oxygens (including phenoxy) is 1. The van der Waals surface area contributed by atoms with Gasteiger partial charge >= 0.3 is 5.97 Å². The molecule has 0 saturated heterocycles. The summed E-state index contributed by atoms with van der Waals surface area (Å²) in [6, 6.07) is 0. The Kier molecular flexibility index (Phi) is 6.89. The van der Waals surface area contributed by atoms with Crippen LogP contribution in [0, 0.1) is 10.7 Å². The lowest BCUT2D eigenvalue weighted by atomic mass is 10.1. The molecule has 136 valence electrons. The van der Waals surface area contributed by atoms with E-state index >= 15 is 0 Å². The fourth-order valence-corrected chi connectivity index (χ4v) is 6.51. The fourth-order valence-electron chi connectivity index (χ4n) is 2.15. The number of rotatable bonds is 5. The lowest BCUT2D eigenvalue weighted by molar-refractivity contribution is -0.114. The summed E-state index contributed by atoms with van der Waals surface area (Å²) >= 11 is 5.76. The van der Waals surface area contributed by atoms with Crippen LogP contribution in [0.25, 0.3) is 0 Å². The van der Waals surface area contributed by atoms with Crippen molar-refractivity contribution in [3.63, 3.8) is 0 Å². The molecular weight excluding hydrogens is 673 g/mol. The molecule has 25 heavy (non-hydrogen) atoms. The number of carbonyl (C=O) groups is 2. The van der Waals surface area contributed by atoms with E-state index in [9.17, 15) is 24.9 Å². The minimum atomic E-state index is -1.16. The van der Waals surface area contributed by atoms with Gasteiger partial charge in [0.25, 0.3) is 0 Å². The van der Waals surface area contributed by atoms with Gasteiger partial charge in [0.15, 0.2) is 0 Å². The van der Waals surface area contributed by atoms with E-state index in [1.54, 1.807) is 0 Å².